The van der Waals surface area contributed by atoms with Gasteiger partial charge in [0.2, 0.25) is 0 Å². The minimum Gasteiger partial charge on any atom is -0.308 e. The highest BCUT2D eigenvalue weighted by Gasteiger charge is 2.06. The molecule has 1 heterocycles. The zero-order valence-corrected chi connectivity index (χ0v) is 12.1. The SMILES string of the molecule is C/C(=C\c1nc2ccccc2n(C)c1=O)c1ccccc1. The summed E-state index contributed by atoms with van der Waals surface area (Å²) >= 11 is 0. The van der Waals surface area contributed by atoms with Gasteiger partial charge in [-0.25, -0.2) is 4.98 Å². The lowest BCUT2D eigenvalue weighted by Crippen LogP contribution is -2.21. The lowest BCUT2D eigenvalue weighted by atomic mass is 10.1. The Balaban J connectivity index is 2.17. The Kier molecular flexibility index (Phi) is 3.40. The summed E-state index contributed by atoms with van der Waals surface area (Å²) in [6, 6.07) is 17.7. The van der Waals surface area contributed by atoms with E-state index in [2.05, 4.69) is 4.98 Å². The molecule has 0 atom stereocenters. The maximum atomic E-state index is 12.4. The summed E-state index contributed by atoms with van der Waals surface area (Å²) in [6.45, 7) is 1.99. The molecule has 0 spiro atoms. The number of hydrogen-bond donors (Lipinski definition) is 0. The molecule has 2 aromatic carbocycles. The fraction of sp³-hybridized carbons (Fsp3) is 0.111. The van der Waals surface area contributed by atoms with Crippen molar-refractivity contribution in [3.8, 4) is 0 Å². The summed E-state index contributed by atoms with van der Waals surface area (Å²) in [4.78, 5) is 16.9. The van der Waals surface area contributed by atoms with E-state index < -0.39 is 0 Å². The van der Waals surface area contributed by atoms with Gasteiger partial charge in [-0.3, -0.25) is 4.79 Å². The Labute approximate surface area is 123 Å². The average Bonchev–Trinajstić information content (AvgIpc) is 2.53. The normalized spacial score (nSPS) is 11.8. The summed E-state index contributed by atoms with van der Waals surface area (Å²) in [5, 5.41) is 0. The van der Waals surface area contributed by atoms with Crippen LogP contribution in [-0.4, -0.2) is 9.55 Å². The van der Waals surface area contributed by atoms with Gasteiger partial charge in [-0.05, 0) is 36.3 Å². The second-order valence-corrected chi connectivity index (χ2v) is 5.04. The van der Waals surface area contributed by atoms with Crippen LogP contribution in [0.1, 0.15) is 18.2 Å². The minimum absolute atomic E-state index is 0.0796. The zero-order valence-electron chi connectivity index (χ0n) is 12.1. The number of aromatic nitrogens is 2. The third kappa shape index (κ3) is 2.50. The van der Waals surface area contributed by atoms with Crippen LogP contribution in [0.25, 0.3) is 22.7 Å². The Bertz CT molecular complexity index is 877. The molecule has 21 heavy (non-hydrogen) atoms. The van der Waals surface area contributed by atoms with E-state index in [1.165, 1.54) is 0 Å². The van der Waals surface area contributed by atoms with Crippen LogP contribution < -0.4 is 5.56 Å². The number of rotatable bonds is 2. The average molecular weight is 276 g/mol. The molecule has 0 amide bonds. The number of nitrogens with zero attached hydrogens (tertiary/aromatic N) is 2. The molecule has 0 radical (unpaired) electrons. The molecule has 0 fully saturated rings. The quantitative estimate of drug-likeness (QED) is 0.718. The van der Waals surface area contributed by atoms with Gasteiger partial charge in [-0.1, -0.05) is 42.5 Å². The van der Waals surface area contributed by atoms with Gasteiger partial charge < -0.3 is 4.57 Å². The highest BCUT2D eigenvalue weighted by atomic mass is 16.1. The smallest absolute Gasteiger partial charge is 0.276 e. The Morgan fingerprint density at radius 3 is 2.48 bits per heavy atom. The fourth-order valence-electron chi connectivity index (χ4n) is 2.38. The van der Waals surface area contributed by atoms with Crippen LogP contribution >= 0.6 is 0 Å². The number of aryl methyl sites for hydroxylation is 1. The molecular weight excluding hydrogens is 260 g/mol. The lowest BCUT2D eigenvalue weighted by molar-refractivity contribution is 0.886. The summed E-state index contributed by atoms with van der Waals surface area (Å²) in [7, 11) is 1.78. The monoisotopic (exact) mass is 276 g/mol. The molecule has 3 aromatic rings. The topological polar surface area (TPSA) is 34.9 Å². The van der Waals surface area contributed by atoms with Gasteiger partial charge in [-0.2, -0.15) is 0 Å². The number of hydrogen-bond acceptors (Lipinski definition) is 2. The predicted octanol–water partition coefficient (Wildman–Crippen LogP) is 3.49. The van der Waals surface area contributed by atoms with Gasteiger partial charge >= 0.3 is 0 Å². The minimum atomic E-state index is -0.0796. The van der Waals surface area contributed by atoms with Crippen LogP contribution in [0.4, 0.5) is 0 Å². The van der Waals surface area contributed by atoms with E-state index in [1.54, 1.807) is 11.6 Å². The van der Waals surface area contributed by atoms with Crippen molar-refractivity contribution in [2.24, 2.45) is 7.05 Å². The van der Waals surface area contributed by atoms with Crippen molar-refractivity contribution in [2.45, 2.75) is 6.92 Å². The van der Waals surface area contributed by atoms with Gasteiger partial charge in [-0.15, -0.1) is 0 Å². The van der Waals surface area contributed by atoms with E-state index in [-0.39, 0.29) is 5.56 Å². The molecule has 0 aliphatic heterocycles. The van der Waals surface area contributed by atoms with Crippen LogP contribution in [0.2, 0.25) is 0 Å². The third-order valence-corrected chi connectivity index (χ3v) is 3.59. The molecule has 0 aliphatic carbocycles. The first-order chi connectivity index (χ1) is 10.2. The van der Waals surface area contributed by atoms with Crippen molar-refractivity contribution in [3.05, 3.63) is 76.2 Å². The second kappa shape index (κ2) is 5.37. The first-order valence-corrected chi connectivity index (χ1v) is 6.86. The number of fused-ring (bicyclic) bond motifs is 1. The molecule has 0 bridgehead atoms. The standard InChI is InChI=1S/C18H16N2O/c1-13(14-8-4-3-5-9-14)12-16-18(21)20(2)17-11-7-6-10-15(17)19-16/h3-12H,1-2H3/b13-12+. The first kappa shape index (κ1) is 13.3. The largest absolute Gasteiger partial charge is 0.308 e. The van der Waals surface area contributed by atoms with Crippen LogP contribution in [0.3, 0.4) is 0 Å². The molecule has 0 N–H and O–H groups in total. The van der Waals surface area contributed by atoms with Gasteiger partial charge in [0.15, 0.2) is 0 Å². The molecule has 3 rings (SSSR count). The van der Waals surface area contributed by atoms with Crippen molar-refractivity contribution >= 4 is 22.7 Å². The molecule has 104 valence electrons. The van der Waals surface area contributed by atoms with E-state index in [9.17, 15) is 4.79 Å². The lowest BCUT2D eigenvalue weighted by Gasteiger charge is -2.06. The summed E-state index contributed by atoms with van der Waals surface area (Å²) in [5.41, 5.74) is 4.18. The maximum Gasteiger partial charge on any atom is 0.276 e. The first-order valence-electron chi connectivity index (χ1n) is 6.86. The molecule has 3 heteroatoms. The number of benzene rings is 2. The summed E-state index contributed by atoms with van der Waals surface area (Å²) < 4.78 is 1.65. The molecular formula is C18H16N2O. The Morgan fingerprint density at radius 2 is 1.71 bits per heavy atom. The third-order valence-electron chi connectivity index (χ3n) is 3.59. The van der Waals surface area contributed by atoms with Crippen molar-refractivity contribution in [1.82, 2.24) is 9.55 Å². The Morgan fingerprint density at radius 1 is 1.05 bits per heavy atom. The summed E-state index contributed by atoms with van der Waals surface area (Å²) in [6.07, 6.45) is 1.85. The van der Waals surface area contributed by atoms with E-state index in [1.807, 2.05) is 67.6 Å². The molecule has 0 saturated heterocycles. The molecule has 3 nitrogen and oxygen atoms in total. The highest BCUT2D eigenvalue weighted by Crippen LogP contribution is 2.16. The van der Waals surface area contributed by atoms with E-state index in [0.29, 0.717) is 5.69 Å². The van der Waals surface area contributed by atoms with E-state index in [4.69, 9.17) is 0 Å². The highest BCUT2D eigenvalue weighted by molar-refractivity contribution is 5.81. The van der Waals surface area contributed by atoms with Crippen molar-refractivity contribution < 1.29 is 0 Å². The number of para-hydroxylation sites is 2. The van der Waals surface area contributed by atoms with Crippen LogP contribution in [0.5, 0.6) is 0 Å². The van der Waals surface area contributed by atoms with E-state index in [0.717, 1.165) is 22.2 Å². The molecule has 0 unspecified atom stereocenters. The fourth-order valence-corrected chi connectivity index (χ4v) is 2.38. The van der Waals surface area contributed by atoms with Gasteiger partial charge in [0.05, 0.1) is 11.0 Å². The van der Waals surface area contributed by atoms with Crippen molar-refractivity contribution in [2.75, 3.05) is 0 Å². The molecule has 1 aromatic heterocycles. The van der Waals surface area contributed by atoms with Gasteiger partial charge in [0.1, 0.15) is 5.69 Å². The van der Waals surface area contributed by atoms with Gasteiger partial charge in [0, 0.05) is 7.05 Å². The molecule has 0 saturated carbocycles. The van der Waals surface area contributed by atoms with Crippen molar-refractivity contribution in [1.29, 1.82) is 0 Å². The van der Waals surface area contributed by atoms with E-state index >= 15 is 0 Å². The maximum absolute atomic E-state index is 12.4. The number of allylic oxidation sites excluding steroid dienone is 1. The van der Waals surface area contributed by atoms with Crippen molar-refractivity contribution in [3.63, 3.8) is 0 Å². The predicted molar refractivity (Wildman–Crippen MR) is 87.0 cm³/mol. The van der Waals surface area contributed by atoms with Crippen LogP contribution in [0, 0.1) is 0 Å². The van der Waals surface area contributed by atoms with Crippen LogP contribution in [0.15, 0.2) is 59.4 Å². The van der Waals surface area contributed by atoms with Gasteiger partial charge in [0.25, 0.3) is 5.56 Å². The zero-order chi connectivity index (χ0) is 14.8. The summed E-state index contributed by atoms with van der Waals surface area (Å²) in [5.74, 6) is 0. The molecule has 0 aliphatic rings. The van der Waals surface area contributed by atoms with Crippen LogP contribution in [-0.2, 0) is 7.05 Å². The Hall–Kier alpha value is -2.68. The second-order valence-electron chi connectivity index (χ2n) is 5.04.